The highest BCUT2D eigenvalue weighted by molar-refractivity contribution is 5.81. The molecule has 0 saturated heterocycles. The number of non-ortho nitro benzene ring substituents is 1. The zero-order valence-electron chi connectivity index (χ0n) is 15.7. The fourth-order valence-corrected chi connectivity index (χ4v) is 2.69. The summed E-state index contributed by atoms with van der Waals surface area (Å²) in [6.45, 7) is 0. The maximum atomic E-state index is 11.9. The van der Waals surface area contributed by atoms with Crippen LogP contribution in [-0.4, -0.2) is 24.2 Å². The Morgan fingerprint density at radius 2 is 2.00 bits per heavy atom. The van der Waals surface area contributed by atoms with Crippen LogP contribution in [0.4, 0.5) is 5.69 Å². The van der Waals surface area contributed by atoms with Gasteiger partial charge in [0.2, 0.25) is 5.91 Å². The van der Waals surface area contributed by atoms with Gasteiger partial charge in [-0.05, 0) is 30.2 Å². The van der Waals surface area contributed by atoms with E-state index in [2.05, 4.69) is 10.5 Å². The van der Waals surface area contributed by atoms with Gasteiger partial charge in [-0.1, -0.05) is 30.3 Å². The first-order chi connectivity index (χ1) is 14.1. The fourth-order valence-electron chi connectivity index (χ4n) is 2.69. The third-order valence-corrected chi connectivity index (χ3v) is 4.15. The molecule has 0 aliphatic heterocycles. The van der Waals surface area contributed by atoms with Crippen molar-refractivity contribution in [3.8, 4) is 17.1 Å². The second kappa shape index (κ2) is 9.32. The van der Waals surface area contributed by atoms with Crippen molar-refractivity contribution < 1.29 is 18.9 Å². The monoisotopic (exact) mass is 393 g/mol. The first-order valence-electron chi connectivity index (χ1n) is 8.85. The van der Waals surface area contributed by atoms with Crippen molar-refractivity contribution in [3.05, 3.63) is 82.1 Å². The minimum atomic E-state index is -0.493. The van der Waals surface area contributed by atoms with E-state index >= 15 is 0 Å². The molecule has 8 heteroatoms. The van der Waals surface area contributed by atoms with E-state index < -0.39 is 4.92 Å². The largest absolute Gasteiger partial charge is 0.496 e. The van der Waals surface area contributed by atoms with Crippen LogP contribution < -0.4 is 10.2 Å². The van der Waals surface area contributed by atoms with Crippen LogP contribution in [0.2, 0.25) is 0 Å². The first kappa shape index (κ1) is 19.8. The number of amides is 1. The number of nitro benzene ring substituents is 1. The smallest absolute Gasteiger partial charge is 0.273 e. The Morgan fingerprint density at radius 1 is 1.21 bits per heavy atom. The molecule has 8 nitrogen and oxygen atoms in total. The number of methoxy groups -OCH3 is 1. The number of nitro groups is 1. The summed E-state index contributed by atoms with van der Waals surface area (Å²) in [6, 6.07) is 17.4. The molecule has 0 fully saturated rings. The van der Waals surface area contributed by atoms with E-state index in [1.165, 1.54) is 25.5 Å². The number of aryl methyl sites for hydroxylation is 1. The quantitative estimate of drug-likeness (QED) is 0.354. The zero-order valence-corrected chi connectivity index (χ0v) is 15.7. The SMILES string of the molecule is COc1cc([N+](=O)[O-])ccc1-c1ccc(/C=N\NC(=O)CCc2ccccc2)o1. The molecule has 1 amide bonds. The molecule has 0 radical (unpaired) electrons. The van der Waals surface area contributed by atoms with Gasteiger partial charge in [-0.2, -0.15) is 5.10 Å². The minimum Gasteiger partial charge on any atom is -0.496 e. The van der Waals surface area contributed by atoms with Gasteiger partial charge < -0.3 is 9.15 Å². The Kier molecular flexibility index (Phi) is 6.36. The second-order valence-electron chi connectivity index (χ2n) is 6.12. The van der Waals surface area contributed by atoms with E-state index in [-0.39, 0.29) is 11.6 Å². The number of hydrazone groups is 1. The molecule has 0 atom stereocenters. The average Bonchev–Trinajstić information content (AvgIpc) is 3.21. The predicted molar refractivity (Wildman–Crippen MR) is 108 cm³/mol. The summed E-state index contributed by atoms with van der Waals surface area (Å²) in [5, 5.41) is 14.8. The van der Waals surface area contributed by atoms with Gasteiger partial charge in [-0.15, -0.1) is 0 Å². The lowest BCUT2D eigenvalue weighted by Crippen LogP contribution is -2.17. The van der Waals surface area contributed by atoms with E-state index in [0.29, 0.717) is 35.7 Å². The number of carbonyl (C=O) groups is 1. The van der Waals surface area contributed by atoms with Gasteiger partial charge in [0.15, 0.2) is 0 Å². The van der Waals surface area contributed by atoms with Gasteiger partial charge in [0.1, 0.15) is 17.3 Å². The normalized spacial score (nSPS) is 10.8. The number of nitrogens with zero attached hydrogens (tertiary/aromatic N) is 2. The fraction of sp³-hybridized carbons (Fsp3) is 0.143. The number of nitrogens with one attached hydrogen (secondary N) is 1. The van der Waals surface area contributed by atoms with Crippen LogP contribution in [0.5, 0.6) is 5.75 Å². The van der Waals surface area contributed by atoms with Crippen molar-refractivity contribution in [1.29, 1.82) is 0 Å². The number of hydrogen-bond donors (Lipinski definition) is 1. The summed E-state index contributed by atoms with van der Waals surface area (Å²) in [5.41, 5.74) is 4.05. The lowest BCUT2D eigenvalue weighted by Gasteiger charge is -2.05. The van der Waals surface area contributed by atoms with E-state index in [1.807, 2.05) is 30.3 Å². The van der Waals surface area contributed by atoms with Crippen molar-refractivity contribution in [2.75, 3.05) is 7.11 Å². The molecule has 0 aliphatic rings. The molecule has 0 bridgehead atoms. The Labute approximate surface area is 167 Å². The molecule has 1 aromatic heterocycles. The standard InChI is InChI=1S/C21H19N3O5/c1-28-20-13-16(24(26)27)8-10-18(20)19-11-9-17(29-19)14-22-23-21(25)12-7-15-5-3-2-4-6-15/h2-6,8-11,13-14H,7,12H2,1H3,(H,23,25)/b22-14-. The zero-order chi connectivity index (χ0) is 20.6. The maximum Gasteiger partial charge on any atom is 0.273 e. The van der Waals surface area contributed by atoms with Crippen molar-refractivity contribution in [2.45, 2.75) is 12.8 Å². The lowest BCUT2D eigenvalue weighted by molar-refractivity contribution is -0.384. The van der Waals surface area contributed by atoms with E-state index in [0.717, 1.165) is 5.56 Å². The Morgan fingerprint density at radius 3 is 2.72 bits per heavy atom. The third-order valence-electron chi connectivity index (χ3n) is 4.15. The number of benzene rings is 2. The second-order valence-corrected chi connectivity index (χ2v) is 6.12. The highest BCUT2D eigenvalue weighted by Crippen LogP contribution is 2.33. The van der Waals surface area contributed by atoms with Gasteiger partial charge in [-0.3, -0.25) is 14.9 Å². The Balaban J connectivity index is 1.60. The molecule has 0 aliphatic carbocycles. The van der Waals surface area contributed by atoms with E-state index in [1.54, 1.807) is 18.2 Å². The van der Waals surface area contributed by atoms with Crippen LogP contribution in [-0.2, 0) is 11.2 Å². The van der Waals surface area contributed by atoms with Crippen LogP contribution in [0.3, 0.4) is 0 Å². The number of hydrogen-bond acceptors (Lipinski definition) is 6. The number of furan rings is 1. The number of ether oxygens (including phenoxy) is 1. The Hall–Kier alpha value is -3.94. The van der Waals surface area contributed by atoms with Gasteiger partial charge in [-0.25, -0.2) is 5.43 Å². The summed E-state index contributed by atoms with van der Waals surface area (Å²) >= 11 is 0. The van der Waals surface area contributed by atoms with Crippen LogP contribution in [0, 0.1) is 10.1 Å². The van der Waals surface area contributed by atoms with Crippen LogP contribution >= 0.6 is 0 Å². The van der Waals surface area contributed by atoms with Crippen LogP contribution in [0.15, 0.2) is 70.2 Å². The van der Waals surface area contributed by atoms with E-state index in [9.17, 15) is 14.9 Å². The molecule has 0 spiro atoms. The highest BCUT2D eigenvalue weighted by atomic mass is 16.6. The van der Waals surface area contributed by atoms with Crippen molar-refractivity contribution >= 4 is 17.8 Å². The molecule has 29 heavy (non-hydrogen) atoms. The van der Waals surface area contributed by atoms with Gasteiger partial charge >= 0.3 is 0 Å². The number of carbonyl (C=O) groups excluding carboxylic acids is 1. The topological polar surface area (TPSA) is 107 Å². The molecule has 3 rings (SSSR count). The predicted octanol–water partition coefficient (Wildman–Crippen LogP) is 3.95. The molecular weight excluding hydrogens is 374 g/mol. The molecule has 148 valence electrons. The van der Waals surface area contributed by atoms with Crippen LogP contribution in [0.1, 0.15) is 17.7 Å². The molecule has 1 heterocycles. The lowest BCUT2D eigenvalue weighted by atomic mass is 10.1. The van der Waals surface area contributed by atoms with Gasteiger partial charge in [0.25, 0.3) is 5.69 Å². The third kappa shape index (κ3) is 5.29. The van der Waals surface area contributed by atoms with Crippen molar-refractivity contribution in [2.24, 2.45) is 5.10 Å². The Bertz CT molecular complexity index is 1030. The van der Waals surface area contributed by atoms with Crippen LogP contribution in [0.25, 0.3) is 11.3 Å². The summed E-state index contributed by atoms with van der Waals surface area (Å²) in [4.78, 5) is 22.3. The highest BCUT2D eigenvalue weighted by Gasteiger charge is 2.15. The molecule has 2 aromatic carbocycles. The molecule has 1 N–H and O–H groups in total. The molecule has 0 saturated carbocycles. The van der Waals surface area contributed by atoms with Crippen molar-refractivity contribution in [3.63, 3.8) is 0 Å². The molecular formula is C21H19N3O5. The minimum absolute atomic E-state index is 0.0721. The van der Waals surface area contributed by atoms with Crippen molar-refractivity contribution in [1.82, 2.24) is 5.43 Å². The van der Waals surface area contributed by atoms with Gasteiger partial charge in [0, 0.05) is 12.5 Å². The number of rotatable bonds is 8. The molecule has 0 unspecified atom stereocenters. The van der Waals surface area contributed by atoms with E-state index in [4.69, 9.17) is 9.15 Å². The first-order valence-corrected chi connectivity index (χ1v) is 8.85. The summed E-state index contributed by atoms with van der Waals surface area (Å²) in [7, 11) is 1.43. The average molecular weight is 393 g/mol. The summed E-state index contributed by atoms with van der Waals surface area (Å²) in [6.07, 6.45) is 2.35. The summed E-state index contributed by atoms with van der Waals surface area (Å²) < 4.78 is 10.9. The molecule has 3 aromatic rings. The summed E-state index contributed by atoms with van der Waals surface area (Å²) in [5.74, 6) is 1.01. The van der Waals surface area contributed by atoms with Gasteiger partial charge in [0.05, 0.1) is 29.9 Å². The maximum absolute atomic E-state index is 11.9.